The molecule has 13 nitrogen and oxygen atoms in total. The van der Waals surface area contributed by atoms with Crippen molar-refractivity contribution in [3.05, 3.63) is 190 Å². The lowest BCUT2D eigenvalue weighted by atomic mass is 10.1. The van der Waals surface area contributed by atoms with Crippen LogP contribution in [0.2, 0.25) is 0 Å². The van der Waals surface area contributed by atoms with Gasteiger partial charge >= 0.3 is 0 Å². The molecular weight excluding hydrogens is 769 g/mol. The first-order valence-electron chi connectivity index (χ1n) is 18.4. The van der Waals surface area contributed by atoms with Gasteiger partial charge in [0, 0.05) is 22.5 Å². The minimum atomic E-state index is -0.555. The van der Waals surface area contributed by atoms with E-state index in [-0.39, 0.29) is 44.8 Å². The third kappa shape index (κ3) is 7.17. The summed E-state index contributed by atoms with van der Waals surface area (Å²) in [6, 6.07) is 47.1. The average molecular weight is 795 g/mol. The maximum atomic E-state index is 13.6. The zero-order chi connectivity index (χ0) is 42.6. The van der Waals surface area contributed by atoms with Gasteiger partial charge in [-0.3, -0.25) is 19.2 Å². The molecule has 0 aliphatic carbocycles. The van der Waals surface area contributed by atoms with Crippen molar-refractivity contribution in [2.75, 3.05) is 20.4 Å². The summed E-state index contributed by atoms with van der Waals surface area (Å²) in [6.45, 7) is 0. The van der Waals surface area contributed by atoms with Gasteiger partial charge in [-0.1, -0.05) is 60.7 Å². The SMILES string of the molecule is N#CC(C#N)=C(Nc1ccc2c(c1)C(=O)N(c1ccc(Oc3ccc(N4C(=O)c5ccc(NC(=C(C#N)C#N)c6ccccc6)cc5C4=O)cc3)cc1)C2=O)c1ccccc1. The molecule has 0 radical (unpaired) electrons. The number of imide groups is 2. The number of ether oxygens (including phenoxy) is 1. The molecule has 0 fully saturated rings. The number of amides is 4. The number of rotatable bonds is 10. The first kappa shape index (κ1) is 38.3. The summed E-state index contributed by atoms with van der Waals surface area (Å²) in [7, 11) is 0. The Morgan fingerprint density at radius 3 is 1.11 bits per heavy atom. The van der Waals surface area contributed by atoms with Gasteiger partial charge < -0.3 is 15.4 Å². The molecular formula is C48H26N8O5. The summed E-state index contributed by atoms with van der Waals surface area (Å²) < 4.78 is 6.00. The summed E-state index contributed by atoms with van der Waals surface area (Å²) in [5.74, 6) is -1.39. The lowest BCUT2D eigenvalue weighted by Gasteiger charge is -2.16. The van der Waals surface area contributed by atoms with Crippen LogP contribution in [0.3, 0.4) is 0 Å². The summed E-state index contributed by atoms with van der Waals surface area (Å²) in [6.07, 6.45) is 0. The van der Waals surface area contributed by atoms with Crippen LogP contribution in [0.1, 0.15) is 52.6 Å². The quantitative estimate of drug-likeness (QED) is 0.0990. The Morgan fingerprint density at radius 2 is 0.770 bits per heavy atom. The second-order valence-corrected chi connectivity index (χ2v) is 13.4. The van der Waals surface area contributed by atoms with E-state index in [0.29, 0.717) is 45.4 Å². The van der Waals surface area contributed by atoms with E-state index in [4.69, 9.17) is 4.74 Å². The highest BCUT2D eigenvalue weighted by atomic mass is 16.5. The van der Waals surface area contributed by atoms with Gasteiger partial charge in [-0.15, -0.1) is 0 Å². The van der Waals surface area contributed by atoms with E-state index in [1.54, 1.807) is 121 Å². The largest absolute Gasteiger partial charge is 0.457 e. The number of nitrogens with one attached hydrogen (secondary N) is 2. The van der Waals surface area contributed by atoms with Crippen molar-refractivity contribution < 1.29 is 23.9 Å². The van der Waals surface area contributed by atoms with Crippen LogP contribution in [0, 0.1) is 45.3 Å². The molecule has 0 saturated heterocycles. The van der Waals surface area contributed by atoms with Crippen LogP contribution in [-0.4, -0.2) is 23.6 Å². The smallest absolute Gasteiger partial charge is 0.266 e. The standard InChI is InChI=1S/C48H26N8O5/c49-25-31(26-50)43(29-7-3-1-4-8-29)53-33-11-21-39-41(23-33)47(59)55(45(39)57)35-13-17-37(18-14-35)61-38-19-15-36(16-20-38)56-46(58)40-22-12-34(24-42(40)48(56)60)54-44(32(27-51)28-52)30-9-5-2-6-10-30/h1-24,53-54H. The van der Waals surface area contributed by atoms with Crippen molar-refractivity contribution in [3.8, 4) is 35.8 Å². The molecule has 2 aliphatic rings. The fraction of sp³-hybridized carbons (Fsp3) is 0. The third-order valence-electron chi connectivity index (χ3n) is 9.81. The number of fused-ring (bicyclic) bond motifs is 2. The van der Waals surface area contributed by atoms with Crippen molar-refractivity contribution in [1.82, 2.24) is 0 Å². The van der Waals surface area contributed by atoms with Gasteiger partial charge in [0.05, 0.1) is 45.0 Å². The number of nitriles is 4. The number of hydrogen-bond donors (Lipinski definition) is 2. The zero-order valence-corrected chi connectivity index (χ0v) is 31.6. The Labute approximate surface area is 348 Å². The van der Waals surface area contributed by atoms with Crippen LogP contribution in [0.25, 0.3) is 11.4 Å². The number of carbonyl (C=O) groups is 4. The second-order valence-electron chi connectivity index (χ2n) is 13.4. The number of allylic oxidation sites excluding steroid dienone is 2. The Morgan fingerprint density at radius 1 is 0.426 bits per heavy atom. The van der Waals surface area contributed by atoms with E-state index in [2.05, 4.69) is 10.6 Å². The van der Waals surface area contributed by atoms with E-state index in [1.165, 1.54) is 24.3 Å². The zero-order valence-electron chi connectivity index (χ0n) is 31.6. The summed E-state index contributed by atoms with van der Waals surface area (Å²) >= 11 is 0. The number of carbonyl (C=O) groups excluding carboxylic acids is 4. The summed E-state index contributed by atoms with van der Waals surface area (Å²) in [5.41, 5.74) is 3.50. The first-order chi connectivity index (χ1) is 29.7. The van der Waals surface area contributed by atoms with Crippen LogP contribution in [0.4, 0.5) is 22.7 Å². The van der Waals surface area contributed by atoms with Crippen molar-refractivity contribution in [2.45, 2.75) is 0 Å². The molecule has 0 atom stereocenters. The van der Waals surface area contributed by atoms with Crippen LogP contribution in [0.15, 0.2) is 157 Å². The van der Waals surface area contributed by atoms with E-state index < -0.39 is 23.6 Å². The minimum Gasteiger partial charge on any atom is -0.457 e. The fourth-order valence-electron chi connectivity index (χ4n) is 6.90. The molecule has 4 amide bonds. The normalized spacial score (nSPS) is 12.3. The molecule has 13 heteroatoms. The molecule has 2 heterocycles. The van der Waals surface area contributed by atoms with Gasteiger partial charge in [0.1, 0.15) is 35.8 Å². The lowest BCUT2D eigenvalue weighted by Crippen LogP contribution is -2.29. The molecule has 6 aromatic rings. The molecule has 8 rings (SSSR count). The van der Waals surface area contributed by atoms with E-state index >= 15 is 0 Å². The monoisotopic (exact) mass is 794 g/mol. The van der Waals surface area contributed by atoms with Crippen molar-refractivity contribution in [2.24, 2.45) is 0 Å². The number of nitrogens with zero attached hydrogens (tertiary/aromatic N) is 6. The van der Waals surface area contributed by atoms with E-state index in [1.807, 2.05) is 24.3 Å². The Bertz CT molecular complexity index is 2820. The predicted octanol–water partition coefficient (Wildman–Crippen LogP) is 8.82. The third-order valence-corrected chi connectivity index (χ3v) is 9.81. The van der Waals surface area contributed by atoms with Crippen molar-refractivity contribution in [3.63, 3.8) is 0 Å². The lowest BCUT2D eigenvalue weighted by molar-refractivity contribution is 0.0910. The Kier molecular flexibility index (Phi) is 10.1. The number of hydrogen-bond acceptors (Lipinski definition) is 11. The first-order valence-corrected chi connectivity index (χ1v) is 18.4. The highest BCUT2D eigenvalue weighted by molar-refractivity contribution is 6.35. The van der Waals surface area contributed by atoms with Gasteiger partial charge in [-0.25, -0.2) is 9.80 Å². The van der Waals surface area contributed by atoms with Gasteiger partial charge in [-0.2, -0.15) is 21.0 Å². The molecule has 61 heavy (non-hydrogen) atoms. The second kappa shape index (κ2) is 16.1. The van der Waals surface area contributed by atoms with Gasteiger partial charge in [0.25, 0.3) is 23.6 Å². The molecule has 2 N–H and O–H groups in total. The predicted molar refractivity (Wildman–Crippen MR) is 225 cm³/mol. The molecule has 6 aromatic carbocycles. The van der Waals surface area contributed by atoms with Crippen LogP contribution >= 0.6 is 0 Å². The number of anilines is 4. The summed E-state index contributed by atoms with van der Waals surface area (Å²) in [4.78, 5) is 56.2. The molecule has 0 aromatic heterocycles. The Hall–Kier alpha value is -9.56. The highest BCUT2D eigenvalue weighted by Crippen LogP contribution is 2.36. The number of benzene rings is 6. The Balaban J connectivity index is 0.947. The van der Waals surface area contributed by atoms with Gasteiger partial charge in [0.2, 0.25) is 0 Å². The summed E-state index contributed by atoms with van der Waals surface area (Å²) in [5, 5.41) is 44.5. The maximum absolute atomic E-state index is 13.6. The topological polar surface area (TPSA) is 203 Å². The fourth-order valence-corrected chi connectivity index (χ4v) is 6.90. The highest BCUT2D eigenvalue weighted by Gasteiger charge is 2.38. The minimum absolute atomic E-state index is 0.146. The average Bonchev–Trinajstić information content (AvgIpc) is 3.70. The molecule has 2 aliphatic heterocycles. The maximum Gasteiger partial charge on any atom is 0.266 e. The van der Waals surface area contributed by atoms with Crippen LogP contribution in [0.5, 0.6) is 11.5 Å². The molecule has 288 valence electrons. The van der Waals surface area contributed by atoms with Crippen LogP contribution < -0.4 is 25.2 Å². The van der Waals surface area contributed by atoms with Gasteiger partial charge in [0.15, 0.2) is 11.1 Å². The van der Waals surface area contributed by atoms with E-state index in [0.717, 1.165) is 9.80 Å². The van der Waals surface area contributed by atoms with Crippen LogP contribution in [-0.2, 0) is 0 Å². The molecule has 0 spiro atoms. The molecule has 0 bridgehead atoms. The molecule has 0 saturated carbocycles. The van der Waals surface area contributed by atoms with Crippen molar-refractivity contribution >= 4 is 57.8 Å². The molecule has 0 unspecified atom stereocenters. The van der Waals surface area contributed by atoms with Gasteiger partial charge in [-0.05, 0) is 84.9 Å². The van der Waals surface area contributed by atoms with E-state index in [9.17, 15) is 40.2 Å². The van der Waals surface area contributed by atoms with Crippen molar-refractivity contribution in [1.29, 1.82) is 21.0 Å².